The molecule has 24 heavy (non-hydrogen) atoms. The Bertz CT molecular complexity index is 728. The van der Waals surface area contributed by atoms with Crippen LogP contribution in [-0.2, 0) is 5.60 Å². The number of benzene rings is 2. The molecule has 0 amide bonds. The van der Waals surface area contributed by atoms with Crippen molar-refractivity contribution in [3.8, 4) is 0 Å². The van der Waals surface area contributed by atoms with Crippen LogP contribution in [0.3, 0.4) is 0 Å². The van der Waals surface area contributed by atoms with E-state index in [-0.39, 0.29) is 5.56 Å². The molecule has 5 heteroatoms. The van der Waals surface area contributed by atoms with E-state index in [2.05, 4.69) is 4.90 Å². The first-order chi connectivity index (χ1) is 11.3. The second kappa shape index (κ2) is 6.10. The van der Waals surface area contributed by atoms with Gasteiger partial charge in [-0.25, -0.2) is 8.78 Å². The van der Waals surface area contributed by atoms with E-state index in [0.717, 1.165) is 0 Å². The third-order valence-electron chi connectivity index (χ3n) is 4.93. The lowest BCUT2D eigenvalue weighted by Crippen LogP contribution is -2.63. The van der Waals surface area contributed by atoms with E-state index in [0.29, 0.717) is 29.2 Å². The summed E-state index contributed by atoms with van der Waals surface area (Å²) in [6, 6.07) is 13.0. The highest BCUT2D eigenvalue weighted by Crippen LogP contribution is 2.50. The number of aliphatic hydroxyl groups is 1. The van der Waals surface area contributed by atoms with Gasteiger partial charge in [0.1, 0.15) is 5.60 Å². The van der Waals surface area contributed by atoms with E-state index in [4.69, 9.17) is 11.6 Å². The van der Waals surface area contributed by atoms with Crippen LogP contribution in [0.15, 0.2) is 48.5 Å². The van der Waals surface area contributed by atoms with Crippen LogP contribution in [0.25, 0.3) is 0 Å². The average Bonchev–Trinajstić information content (AvgIpc) is 2.52. The lowest BCUT2D eigenvalue weighted by molar-refractivity contribution is -0.127. The molecule has 1 heterocycles. The van der Waals surface area contributed by atoms with Gasteiger partial charge in [-0.2, -0.15) is 0 Å². The van der Waals surface area contributed by atoms with Gasteiger partial charge in [-0.1, -0.05) is 54.9 Å². The van der Waals surface area contributed by atoms with Crippen molar-refractivity contribution < 1.29 is 13.9 Å². The van der Waals surface area contributed by atoms with Crippen LogP contribution in [0, 0.1) is 5.41 Å². The number of hydrogen-bond acceptors (Lipinski definition) is 2. The summed E-state index contributed by atoms with van der Waals surface area (Å²) in [5, 5.41) is 12.3. The van der Waals surface area contributed by atoms with E-state index in [1.807, 2.05) is 20.0 Å². The highest BCUT2D eigenvalue weighted by Gasteiger charge is 2.55. The van der Waals surface area contributed by atoms with Crippen LogP contribution >= 0.6 is 11.6 Å². The number of alkyl halides is 2. The molecule has 1 N–H and O–H groups in total. The monoisotopic (exact) mass is 351 g/mol. The Morgan fingerprint density at radius 1 is 1.12 bits per heavy atom. The summed E-state index contributed by atoms with van der Waals surface area (Å²) in [7, 11) is 1.99. The van der Waals surface area contributed by atoms with E-state index in [9.17, 15) is 13.9 Å². The zero-order valence-corrected chi connectivity index (χ0v) is 14.4. The summed E-state index contributed by atoms with van der Waals surface area (Å²) in [4.78, 5) is 2.11. The van der Waals surface area contributed by atoms with Gasteiger partial charge >= 0.3 is 0 Å². The predicted molar refractivity (Wildman–Crippen MR) is 91.5 cm³/mol. The SMILES string of the molecule is CN1CC(C)([C@](O)(c2ccc(C(F)F)cc2)c2cccc(Cl)c2)C1. The minimum absolute atomic E-state index is 0.0527. The summed E-state index contributed by atoms with van der Waals surface area (Å²) in [6.07, 6.45) is -2.52. The Morgan fingerprint density at radius 2 is 1.75 bits per heavy atom. The first kappa shape index (κ1) is 17.3. The fourth-order valence-electron chi connectivity index (χ4n) is 3.82. The van der Waals surface area contributed by atoms with Crippen LogP contribution in [0.1, 0.15) is 30.0 Å². The number of hydrogen-bond donors (Lipinski definition) is 1. The maximum Gasteiger partial charge on any atom is 0.263 e. The van der Waals surface area contributed by atoms with Crippen LogP contribution in [-0.4, -0.2) is 30.1 Å². The molecule has 1 fully saturated rings. The molecule has 0 aromatic heterocycles. The number of rotatable bonds is 4. The summed E-state index contributed by atoms with van der Waals surface area (Å²) < 4.78 is 25.7. The first-order valence-electron chi connectivity index (χ1n) is 7.82. The number of nitrogens with zero attached hydrogens (tertiary/aromatic N) is 1. The minimum Gasteiger partial charge on any atom is -0.380 e. The summed E-state index contributed by atoms with van der Waals surface area (Å²) in [5.41, 5.74) is -0.507. The zero-order chi connectivity index (χ0) is 17.5. The molecular formula is C19H20ClF2NO. The molecule has 0 saturated carbocycles. The van der Waals surface area contributed by atoms with Crippen molar-refractivity contribution in [1.29, 1.82) is 0 Å². The molecule has 0 spiro atoms. The molecule has 0 unspecified atom stereocenters. The molecule has 0 aliphatic carbocycles. The van der Waals surface area contributed by atoms with Gasteiger partial charge < -0.3 is 10.0 Å². The summed E-state index contributed by atoms with van der Waals surface area (Å²) >= 11 is 6.12. The van der Waals surface area contributed by atoms with Crippen molar-refractivity contribution in [2.75, 3.05) is 20.1 Å². The molecule has 128 valence electrons. The maximum absolute atomic E-state index is 12.8. The first-order valence-corrected chi connectivity index (χ1v) is 8.20. The van der Waals surface area contributed by atoms with Crippen molar-refractivity contribution >= 4 is 11.6 Å². The van der Waals surface area contributed by atoms with Gasteiger partial charge in [-0.05, 0) is 30.3 Å². The van der Waals surface area contributed by atoms with E-state index >= 15 is 0 Å². The normalized spacial score (nSPS) is 19.8. The predicted octanol–water partition coefficient (Wildman–Crippen LogP) is 4.47. The molecule has 1 aliphatic heterocycles. The Balaban J connectivity index is 2.12. The van der Waals surface area contributed by atoms with Crippen LogP contribution in [0.5, 0.6) is 0 Å². The van der Waals surface area contributed by atoms with Gasteiger partial charge in [0.15, 0.2) is 0 Å². The topological polar surface area (TPSA) is 23.5 Å². The second-order valence-corrected chi connectivity index (χ2v) is 7.31. The molecule has 2 nitrogen and oxygen atoms in total. The largest absolute Gasteiger partial charge is 0.380 e. The molecule has 0 bridgehead atoms. The second-order valence-electron chi connectivity index (χ2n) is 6.88. The van der Waals surface area contributed by atoms with Gasteiger partial charge in [0, 0.05) is 29.1 Å². The van der Waals surface area contributed by atoms with Crippen molar-refractivity contribution in [2.45, 2.75) is 19.0 Å². The smallest absolute Gasteiger partial charge is 0.263 e. The van der Waals surface area contributed by atoms with Crippen molar-refractivity contribution in [1.82, 2.24) is 4.90 Å². The van der Waals surface area contributed by atoms with Gasteiger partial charge in [-0.3, -0.25) is 0 Å². The van der Waals surface area contributed by atoms with Gasteiger partial charge in [0.05, 0.1) is 0 Å². The maximum atomic E-state index is 12.8. The Labute approximate surface area is 145 Å². The van der Waals surface area contributed by atoms with Crippen molar-refractivity contribution in [3.63, 3.8) is 0 Å². The van der Waals surface area contributed by atoms with Gasteiger partial charge in [-0.15, -0.1) is 0 Å². The van der Waals surface area contributed by atoms with Crippen LogP contribution < -0.4 is 0 Å². The van der Waals surface area contributed by atoms with Crippen LogP contribution in [0.4, 0.5) is 8.78 Å². The summed E-state index contributed by atoms with van der Waals surface area (Å²) in [5.74, 6) is 0. The summed E-state index contributed by atoms with van der Waals surface area (Å²) in [6.45, 7) is 3.41. The number of halogens is 3. The third-order valence-corrected chi connectivity index (χ3v) is 5.17. The molecule has 1 atom stereocenters. The van der Waals surface area contributed by atoms with E-state index < -0.39 is 17.4 Å². The molecule has 3 rings (SSSR count). The molecule has 2 aromatic rings. The molecule has 1 saturated heterocycles. The number of likely N-dealkylation sites (tertiary alicyclic amines) is 1. The molecule has 0 radical (unpaired) electrons. The van der Waals surface area contributed by atoms with Crippen molar-refractivity contribution in [2.24, 2.45) is 5.41 Å². The molecule has 2 aromatic carbocycles. The van der Waals surface area contributed by atoms with Crippen molar-refractivity contribution in [3.05, 3.63) is 70.2 Å². The quantitative estimate of drug-likeness (QED) is 0.878. The highest BCUT2D eigenvalue weighted by atomic mass is 35.5. The Morgan fingerprint density at radius 3 is 2.25 bits per heavy atom. The third kappa shape index (κ3) is 2.73. The fraction of sp³-hybridized carbons (Fsp3) is 0.368. The Kier molecular flexibility index (Phi) is 4.41. The molecular weight excluding hydrogens is 332 g/mol. The average molecular weight is 352 g/mol. The molecule has 1 aliphatic rings. The van der Waals surface area contributed by atoms with E-state index in [1.54, 1.807) is 30.3 Å². The fourth-order valence-corrected chi connectivity index (χ4v) is 4.01. The van der Waals surface area contributed by atoms with Gasteiger partial charge in [0.2, 0.25) is 0 Å². The Hall–Kier alpha value is -1.49. The standard InChI is InChI=1S/C19H20ClF2NO/c1-18(11-23(2)12-18)19(24,15-4-3-5-16(20)10-15)14-8-6-13(7-9-14)17(21)22/h3-10,17,24H,11-12H2,1-2H3/t19-/m0/s1. The lowest BCUT2D eigenvalue weighted by Gasteiger charge is -2.56. The van der Waals surface area contributed by atoms with Gasteiger partial charge in [0.25, 0.3) is 6.43 Å². The van der Waals surface area contributed by atoms with Crippen LogP contribution in [0.2, 0.25) is 5.02 Å². The lowest BCUT2D eigenvalue weighted by atomic mass is 9.62. The highest BCUT2D eigenvalue weighted by molar-refractivity contribution is 6.30. The zero-order valence-electron chi connectivity index (χ0n) is 13.6. The van der Waals surface area contributed by atoms with E-state index in [1.165, 1.54) is 12.1 Å². The minimum atomic E-state index is -2.52.